The number of nitro benzene ring substituents is 1. The van der Waals surface area contributed by atoms with Gasteiger partial charge in [0, 0.05) is 24.4 Å². The lowest BCUT2D eigenvalue weighted by atomic mass is 10.2. The van der Waals surface area contributed by atoms with E-state index >= 15 is 0 Å². The van der Waals surface area contributed by atoms with Gasteiger partial charge in [-0.3, -0.25) is 10.1 Å². The van der Waals surface area contributed by atoms with E-state index in [-0.39, 0.29) is 5.69 Å². The van der Waals surface area contributed by atoms with Gasteiger partial charge in [-0.1, -0.05) is 6.07 Å². The minimum atomic E-state index is -0.494. The van der Waals surface area contributed by atoms with Gasteiger partial charge in [0.05, 0.1) is 4.92 Å². The fourth-order valence-electron chi connectivity index (χ4n) is 2.22. The summed E-state index contributed by atoms with van der Waals surface area (Å²) in [6.07, 6.45) is 0. The van der Waals surface area contributed by atoms with Crippen LogP contribution >= 0.6 is 0 Å². The lowest BCUT2D eigenvalue weighted by molar-refractivity contribution is -0.384. The molecule has 2 aromatic rings. The Kier molecular flexibility index (Phi) is 4.46. The van der Waals surface area contributed by atoms with Crippen LogP contribution in [-0.2, 0) is 6.54 Å². The number of nitrogens with zero attached hydrogens (tertiary/aromatic N) is 1. The van der Waals surface area contributed by atoms with E-state index in [0.29, 0.717) is 36.9 Å². The molecule has 24 heavy (non-hydrogen) atoms. The molecule has 0 aliphatic carbocycles. The summed E-state index contributed by atoms with van der Waals surface area (Å²) in [6, 6.07) is 10.7. The summed E-state index contributed by atoms with van der Waals surface area (Å²) in [7, 11) is 0. The fourth-order valence-corrected chi connectivity index (χ4v) is 2.22. The summed E-state index contributed by atoms with van der Waals surface area (Å²) in [6.45, 7) is 1.35. The van der Waals surface area contributed by atoms with E-state index in [1.165, 1.54) is 24.3 Å². The Hall–Kier alpha value is -3.29. The van der Waals surface area contributed by atoms with Gasteiger partial charge in [0.25, 0.3) is 5.69 Å². The SMILES string of the molecule is O=C(NCc1ccc2c(c1)OCCO2)Nc1ccc([N+](=O)[O-])cc1. The van der Waals surface area contributed by atoms with E-state index in [2.05, 4.69) is 10.6 Å². The van der Waals surface area contributed by atoms with Crippen LogP contribution in [0.1, 0.15) is 5.56 Å². The molecule has 0 radical (unpaired) electrons. The lowest BCUT2D eigenvalue weighted by Crippen LogP contribution is -2.28. The molecule has 0 aromatic heterocycles. The number of carbonyl (C=O) groups excluding carboxylic acids is 1. The van der Waals surface area contributed by atoms with Crippen LogP contribution in [0.3, 0.4) is 0 Å². The van der Waals surface area contributed by atoms with Crippen LogP contribution in [0.5, 0.6) is 11.5 Å². The standard InChI is InChI=1S/C16H15N3O5/c20-16(18-12-2-4-13(5-3-12)19(21)22)17-10-11-1-6-14-15(9-11)24-8-7-23-14/h1-6,9H,7-8,10H2,(H2,17,18,20). The molecule has 0 fully saturated rings. The Labute approximate surface area is 137 Å². The van der Waals surface area contributed by atoms with Crippen molar-refractivity contribution in [2.24, 2.45) is 0 Å². The molecule has 2 aromatic carbocycles. The first-order valence-corrected chi connectivity index (χ1v) is 7.29. The molecular formula is C16H15N3O5. The Morgan fingerprint density at radius 1 is 1.08 bits per heavy atom. The average molecular weight is 329 g/mol. The first kappa shape index (κ1) is 15.6. The molecule has 1 heterocycles. The summed E-state index contributed by atoms with van der Waals surface area (Å²) in [5.41, 5.74) is 1.32. The van der Waals surface area contributed by atoms with Crippen LogP contribution in [0.25, 0.3) is 0 Å². The molecule has 0 bridgehead atoms. The topological polar surface area (TPSA) is 103 Å². The Balaban J connectivity index is 1.54. The first-order valence-electron chi connectivity index (χ1n) is 7.29. The van der Waals surface area contributed by atoms with E-state index in [1.807, 2.05) is 12.1 Å². The number of non-ortho nitro benzene ring substituents is 1. The van der Waals surface area contributed by atoms with Crippen molar-refractivity contribution >= 4 is 17.4 Å². The summed E-state index contributed by atoms with van der Waals surface area (Å²) in [5.74, 6) is 1.36. The van der Waals surface area contributed by atoms with E-state index in [1.54, 1.807) is 6.07 Å². The van der Waals surface area contributed by atoms with Crippen LogP contribution < -0.4 is 20.1 Å². The van der Waals surface area contributed by atoms with Crippen molar-refractivity contribution in [1.29, 1.82) is 0 Å². The van der Waals surface area contributed by atoms with E-state index in [9.17, 15) is 14.9 Å². The molecular weight excluding hydrogens is 314 g/mol. The average Bonchev–Trinajstić information content (AvgIpc) is 2.60. The maximum atomic E-state index is 11.9. The third-order valence-corrected chi connectivity index (χ3v) is 3.40. The molecule has 2 amide bonds. The molecule has 0 saturated carbocycles. The van der Waals surface area contributed by atoms with Crippen LogP contribution in [0.2, 0.25) is 0 Å². The Bertz CT molecular complexity index is 761. The monoisotopic (exact) mass is 329 g/mol. The quantitative estimate of drug-likeness (QED) is 0.663. The molecule has 1 aliphatic heterocycles. The zero-order valence-corrected chi connectivity index (χ0v) is 12.7. The third kappa shape index (κ3) is 3.72. The van der Waals surface area contributed by atoms with Gasteiger partial charge in [0.15, 0.2) is 11.5 Å². The van der Waals surface area contributed by atoms with E-state index in [4.69, 9.17) is 9.47 Å². The molecule has 0 saturated heterocycles. The number of amides is 2. The summed E-state index contributed by atoms with van der Waals surface area (Å²) in [5, 5.41) is 15.9. The van der Waals surface area contributed by atoms with Gasteiger partial charge in [-0.05, 0) is 29.8 Å². The molecule has 8 nitrogen and oxygen atoms in total. The van der Waals surface area contributed by atoms with Crippen molar-refractivity contribution in [1.82, 2.24) is 5.32 Å². The number of carbonyl (C=O) groups is 1. The highest BCUT2D eigenvalue weighted by molar-refractivity contribution is 5.89. The number of rotatable bonds is 4. The molecule has 0 spiro atoms. The molecule has 0 unspecified atom stereocenters. The van der Waals surface area contributed by atoms with Gasteiger partial charge in [0.1, 0.15) is 13.2 Å². The smallest absolute Gasteiger partial charge is 0.319 e. The van der Waals surface area contributed by atoms with Crippen molar-refractivity contribution in [2.45, 2.75) is 6.54 Å². The van der Waals surface area contributed by atoms with Crippen molar-refractivity contribution < 1.29 is 19.2 Å². The number of fused-ring (bicyclic) bond motifs is 1. The maximum Gasteiger partial charge on any atom is 0.319 e. The van der Waals surface area contributed by atoms with Crippen LogP contribution in [0, 0.1) is 10.1 Å². The zero-order chi connectivity index (χ0) is 16.9. The molecule has 8 heteroatoms. The molecule has 124 valence electrons. The van der Waals surface area contributed by atoms with Gasteiger partial charge in [-0.2, -0.15) is 0 Å². The molecule has 2 N–H and O–H groups in total. The molecule has 0 atom stereocenters. The highest BCUT2D eigenvalue weighted by atomic mass is 16.6. The van der Waals surface area contributed by atoms with Crippen LogP contribution in [-0.4, -0.2) is 24.2 Å². The molecule has 1 aliphatic rings. The highest BCUT2D eigenvalue weighted by Crippen LogP contribution is 2.30. The summed E-state index contributed by atoms with van der Waals surface area (Å²) in [4.78, 5) is 22.0. The second-order valence-corrected chi connectivity index (χ2v) is 5.09. The van der Waals surface area contributed by atoms with Gasteiger partial charge in [-0.15, -0.1) is 0 Å². The number of nitro groups is 1. The Morgan fingerprint density at radius 3 is 2.50 bits per heavy atom. The Morgan fingerprint density at radius 2 is 1.79 bits per heavy atom. The van der Waals surface area contributed by atoms with Gasteiger partial charge in [-0.25, -0.2) is 4.79 Å². The normalized spacial score (nSPS) is 12.3. The highest BCUT2D eigenvalue weighted by Gasteiger charge is 2.12. The van der Waals surface area contributed by atoms with Gasteiger partial charge >= 0.3 is 6.03 Å². The fraction of sp³-hybridized carbons (Fsp3) is 0.188. The van der Waals surface area contributed by atoms with Crippen molar-refractivity contribution in [2.75, 3.05) is 18.5 Å². The van der Waals surface area contributed by atoms with Crippen molar-refractivity contribution in [3.05, 3.63) is 58.1 Å². The number of ether oxygens (including phenoxy) is 2. The van der Waals surface area contributed by atoms with Crippen molar-refractivity contribution in [3.63, 3.8) is 0 Å². The van der Waals surface area contributed by atoms with Crippen molar-refractivity contribution in [3.8, 4) is 11.5 Å². The van der Waals surface area contributed by atoms with E-state index in [0.717, 1.165) is 5.56 Å². The third-order valence-electron chi connectivity index (χ3n) is 3.40. The minimum Gasteiger partial charge on any atom is -0.486 e. The number of nitrogens with one attached hydrogen (secondary N) is 2. The number of benzene rings is 2. The second kappa shape index (κ2) is 6.86. The summed E-state index contributed by atoms with van der Waals surface area (Å²) >= 11 is 0. The predicted molar refractivity (Wildman–Crippen MR) is 86.4 cm³/mol. The number of anilines is 1. The first-order chi connectivity index (χ1) is 11.6. The van der Waals surface area contributed by atoms with E-state index < -0.39 is 11.0 Å². The van der Waals surface area contributed by atoms with Crippen LogP contribution in [0.15, 0.2) is 42.5 Å². The zero-order valence-electron chi connectivity index (χ0n) is 12.7. The van der Waals surface area contributed by atoms with Crippen LogP contribution in [0.4, 0.5) is 16.2 Å². The largest absolute Gasteiger partial charge is 0.486 e. The number of hydrogen-bond acceptors (Lipinski definition) is 5. The van der Waals surface area contributed by atoms with Gasteiger partial charge in [0.2, 0.25) is 0 Å². The second-order valence-electron chi connectivity index (χ2n) is 5.09. The summed E-state index contributed by atoms with van der Waals surface area (Å²) < 4.78 is 10.9. The number of hydrogen-bond donors (Lipinski definition) is 2. The van der Waals surface area contributed by atoms with Gasteiger partial charge < -0.3 is 20.1 Å². The minimum absolute atomic E-state index is 0.0303. The maximum absolute atomic E-state index is 11.9. The molecule has 3 rings (SSSR count). The lowest BCUT2D eigenvalue weighted by Gasteiger charge is -2.19. The predicted octanol–water partition coefficient (Wildman–Crippen LogP) is 2.69. The number of urea groups is 1.